The minimum atomic E-state index is -3.12. The van der Waals surface area contributed by atoms with Crippen LogP contribution in [-0.2, 0) is 14.6 Å². The topological polar surface area (TPSA) is 55.4 Å². The summed E-state index contributed by atoms with van der Waals surface area (Å²) in [4.78, 5) is 0. The van der Waals surface area contributed by atoms with Crippen molar-refractivity contribution in [2.75, 3.05) is 31.8 Å². The number of rotatable bonds is 9. The second-order valence-electron chi connectivity index (χ2n) is 5.02. The van der Waals surface area contributed by atoms with Crippen molar-refractivity contribution in [1.29, 1.82) is 0 Å². The van der Waals surface area contributed by atoms with Gasteiger partial charge in [-0.05, 0) is 25.5 Å². The molecule has 20 heavy (non-hydrogen) atoms. The Bertz CT molecular complexity index is 482. The quantitative estimate of drug-likeness (QED) is 0.758. The Hall–Kier alpha value is -0.910. The van der Waals surface area contributed by atoms with E-state index in [9.17, 15) is 8.42 Å². The fraction of sp³-hybridized carbons (Fsp3) is 0.600. The molecule has 0 aliphatic rings. The normalized spacial score (nSPS) is 13.3. The highest BCUT2D eigenvalue weighted by atomic mass is 32.2. The molecule has 0 amide bonds. The summed E-state index contributed by atoms with van der Waals surface area (Å²) in [5.41, 5.74) is 2.19. The Morgan fingerprint density at radius 2 is 1.90 bits per heavy atom. The van der Waals surface area contributed by atoms with Gasteiger partial charge in [0.05, 0.1) is 18.1 Å². The second-order valence-corrected chi connectivity index (χ2v) is 7.25. The highest BCUT2D eigenvalue weighted by molar-refractivity contribution is 7.91. The Morgan fingerprint density at radius 1 is 1.25 bits per heavy atom. The number of sulfone groups is 1. The summed E-state index contributed by atoms with van der Waals surface area (Å²) in [6.45, 7) is 5.14. The molecular weight excluding hydrogens is 274 g/mol. The van der Waals surface area contributed by atoms with Crippen molar-refractivity contribution in [2.45, 2.75) is 26.3 Å². The third kappa shape index (κ3) is 6.03. The molecule has 0 saturated heterocycles. The van der Waals surface area contributed by atoms with Crippen LogP contribution >= 0.6 is 0 Å². The lowest BCUT2D eigenvalue weighted by Gasteiger charge is -2.19. The molecule has 0 radical (unpaired) electrons. The molecule has 0 heterocycles. The summed E-state index contributed by atoms with van der Waals surface area (Å²) in [5, 5.41) is 3.32. The average Bonchev–Trinajstić information content (AvgIpc) is 2.42. The number of benzene rings is 1. The van der Waals surface area contributed by atoms with Gasteiger partial charge in [0.1, 0.15) is 0 Å². The fourth-order valence-electron chi connectivity index (χ4n) is 1.94. The standard InChI is InChI=1S/C15H25NO3S/c1-4-9-16-15(12-20(17,18)11-10-19-3)14-7-5-13(2)6-8-14/h5-8,15-16H,4,9-12H2,1-3H3. The lowest BCUT2D eigenvalue weighted by atomic mass is 10.1. The van der Waals surface area contributed by atoms with Crippen LogP contribution in [0.25, 0.3) is 0 Å². The zero-order chi connectivity index (χ0) is 15.0. The van der Waals surface area contributed by atoms with E-state index >= 15 is 0 Å². The van der Waals surface area contributed by atoms with Crippen LogP contribution in [0.1, 0.15) is 30.5 Å². The lowest BCUT2D eigenvalue weighted by Crippen LogP contribution is -2.30. The van der Waals surface area contributed by atoms with E-state index in [0.29, 0.717) is 0 Å². The maximum Gasteiger partial charge on any atom is 0.154 e. The fourth-order valence-corrected chi connectivity index (χ4v) is 3.34. The van der Waals surface area contributed by atoms with Gasteiger partial charge in [-0.2, -0.15) is 0 Å². The lowest BCUT2D eigenvalue weighted by molar-refractivity contribution is 0.217. The highest BCUT2D eigenvalue weighted by Gasteiger charge is 2.20. The van der Waals surface area contributed by atoms with E-state index in [1.807, 2.05) is 31.2 Å². The zero-order valence-electron chi connectivity index (χ0n) is 12.6. The molecule has 0 spiro atoms. The van der Waals surface area contributed by atoms with E-state index in [1.165, 1.54) is 12.7 Å². The first kappa shape index (κ1) is 17.1. The molecule has 0 fully saturated rings. The van der Waals surface area contributed by atoms with Crippen LogP contribution in [0.5, 0.6) is 0 Å². The van der Waals surface area contributed by atoms with Gasteiger partial charge in [-0.15, -0.1) is 0 Å². The van der Waals surface area contributed by atoms with Crippen LogP contribution in [0.2, 0.25) is 0 Å². The zero-order valence-corrected chi connectivity index (χ0v) is 13.4. The Morgan fingerprint density at radius 3 is 2.45 bits per heavy atom. The summed E-state index contributed by atoms with van der Waals surface area (Å²) in [6.07, 6.45) is 0.973. The number of nitrogens with one attached hydrogen (secondary N) is 1. The molecule has 1 unspecified atom stereocenters. The van der Waals surface area contributed by atoms with E-state index in [4.69, 9.17) is 4.74 Å². The van der Waals surface area contributed by atoms with Gasteiger partial charge in [0.15, 0.2) is 9.84 Å². The SMILES string of the molecule is CCCNC(CS(=O)(=O)CCOC)c1ccc(C)cc1. The second kappa shape index (κ2) is 8.39. The molecule has 0 saturated carbocycles. The molecule has 0 bridgehead atoms. The van der Waals surface area contributed by atoms with Gasteiger partial charge >= 0.3 is 0 Å². The Balaban J connectivity index is 2.81. The van der Waals surface area contributed by atoms with Gasteiger partial charge in [-0.1, -0.05) is 36.8 Å². The maximum absolute atomic E-state index is 12.1. The van der Waals surface area contributed by atoms with Crippen LogP contribution < -0.4 is 5.32 Å². The van der Waals surface area contributed by atoms with Crippen LogP contribution in [0, 0.1) is 6.92 Å². The Labute approximate surface area is 122 Å². The number of aryl methyl sites for hydroxylation is 1. The molecule has 1 atom stereocenters. The predicted molar refractivity (Wildman–Crippen MR) is 82.7 cm³/mol. The summed E-state index contributed by atoms with van der Waals surface area (Å²) in [6, 6.07) is 7.86. The number of hydrogen-bond donors (Lipinski definition) is 1. The summed E-state index contributed by atoms with van der Waals surface area (Å²) in [5.74, 6) is 0.180. The average molecular weight is 299 g/mol. The largest absolute Gasteiger partial charge is 0.384 e. The monoisotopic (exact) mass is 299 g/mol. The van der Waals surface area contributed by atoms with Gasteiger partial charge in [0, 0.05) is 13.2 Å². The van der Waals surface area contributed by atoms with E-state index < -0.39 is 9.84 Å². The molecule has 1 rings (SSSR count). The van der Waals surface area contributed by atoms with Crippen LogP contribution in [0.3, 0.4) is 0 Å². The number of ether oxygens (including phenoxy) is 1. The van der Waals surface area contributed by atoms with Crippen LogP contribution in [-0.4, -0.2) is 40.2 Å². The van der Waals surface area contributed by atoms with E-state index in [-0.39, 0.29) is 24.2 Å². The number of methoxy groups -OCH3 is 1. The van der Waals surface area contributed by atoms with E-state index in [0.717, 1.165) is 18.5 Å². The summed E-state index contributed by atoms with van der Waals surface area (Å²) in [7, 11) is -1.60. The van der Waals surface area contributed by atoms with Gasteiger partial charge in [0.2, 0.25) is 0 Å². The van der Waals surface area contributed by atoms with E-state index in [2.05, 4.69) is 12.2 Å². The molecular formula is C15H25NO3S. The van der Waals surface area contributed by atoms with Crippen molar-refractivity contribution in [3.63, 3.8) is 0 Å². The van der Waals surface area contributed by atoms with Crippen LogP contribution in [0.4, 0.5) is 0 Å². The van der Waals surface area contributed by atoms with Crippen molar-refractivity contribution in [3.8, 4) is 0 Å². The van der Waals surface area contributed by atoms with Crippen molar-refractivity contribution in [2.24, 2.45) is 0 Å². The molecule has 114 valence electrons. The summed E-state index contributed by atoms with van der Waals surface area (Å²) >= 11 is 0. The molecule has 0 aliphatic carbocycles. The molecule has 0 aromatic heterocycles. The molecule has 0 aliphatic heterocycles. The molecule has 1 N–H and O–H groups in total. The first-order chi connectivity index (χ1) is 9.48. The van der Waals surface area contributed by atoms with Crippen molar-refractivity contribution in [3.05, 3.63) is 35.4 Å². The predicted octanol–water partition coefficient (Wildman–Crippen LogP) is 2.10. The third-order valence-electron chi connectivity index (χ3n) is 3.14. The Kier molecular flexibility index (Phi) is 7.19. The molecule has 5 heteroatoms. The van der Waals surface area contributed by atoms with Crippen molar-refractivity contribution < 1.29 is 13.2 Å². The van der Waals surface area contributed by atoms with Gasteiger partial charge in [0.25, 0.3) is 0 Å². The summed E-state index contributed by atoms with van der Waals surface area (Å²) < 4.78 is 29.0. The molecule has 1 aromatic rings. The first-order valence-electron chi connectivity index (χ1n) is 6.98. The van der Waals surface area contributed by atoms with Crippen LogP contribution in [0.15, 0.2) is 24.3 Å². The highest BCUT2D eigenvalue weighted by Crippen LogP contribution is 2.16. The number of hydrogen-bond acceptors (Lipinski definition) is 4. The molecule has 4 nitrogen and oxygen atoms in total. The minimum Gasteiger partial charge on any atom is -0.384 e. The van der Waals surface area contributed by atoms with Crippen molar-refractivity contribution >= 4 is 9.84 Å². The third-order valence-corrected chi connectivity index (χ3v) is 4.77. The van der Waals surface area contributed by atoms with E-state index in [1.54, 1.807) is 0 Å². The van der Waals surface area contributed by atoms with Crippen molar-refractivity contribution in [1.82, 2.24) is 5.32 Å². The molecule has 1 aromatic carbocycles. The first-order valence-corrected chi connectivity index (χ1v) is 8.80. The maximum atomic E-state index is 12.1. The smallest absolute Gasteiger partial charge is 0.154 e. The van der Waals surface area contributed by atoms with Gasteiger partial charge in [-0.25, -0.2) is 8.42 Å². The minimum absolute atomic E-state index is 0.0691. The van der Waals surface area contributed by atoms with Gasteiger partial charge < -0.3 is 10.1 Å². The van der Waals surface area contributed by atoms with Gasteiger partial charge in [-0.3, -0.25) is 0 Å².